The van der Waals surface area contributed by atoms with E-state index in [-0.39, 0.29) is 17.5 Å². The molecule has 2 spiro atoms. The summed E-state index contributed by atoms with van der Waals surface area (Å²) in [5.74, 6) is -0.224. The summed E-state index contributed by atoms with van der Waals surface area (Å²) in [5, 5.41) is 6.68. The predicted molar refractivity (Wildman–Crippen MR) is 70.7 cm³/mol. The molecule has 2 aliphatic heterocycles. The largest absolute Gasteiger partial charge is 0.350 e. The molecule has 1 atom stereocenters. The Morgan fingerprint density at radius 3 is 2.47 bits per heavy atom. The molecule has 2 N–H and O–H groups in total. The highest BCUT2D eigenvalue weighted by Gasteiger charge is 2.51. The van der Waals surface area contributed by atoms with Gasteiger partial charge in [0.1, 0.15) is 0 Å². The van der Waals surface area contributed by atoms with Crippen LogP contribution in [0.3, 0.4) is 0 Å². The monoisotopic (exact) mass is 268 g/mol. The number of hydrogen-bond acceptors (Lipinski definition) is 4. The standard InChI is InChI=1S/C14H24N2O3/c1-2-3-11-10-15-13(12(17)16-11)4-6-14(7-5-13)18-8-9-19-14/h11,15H,2-10H2,1H3,(H,16,17). The molecule has 3 aliphatic rings. The van der Waals surface area contributed by atoms with Crippen molar-refractivity contribution in [2.24, 2.45) is 0 Å². The molecule has 5 nitrogen and oxygen atoms in total. The number of amides is 1. The van der Waals surface area contributed by atoms with Gasteiger partial charge in [0.15, 0.2) is 5.79 Å². The van der Waals surface area contributed by atoms with Gasteiger partial charge in [-0.2, -0.15) is 0 Å². The fraction of sp³-hybridized carbons (Fsp3) is 0.929. The van der Waals surface area contributed by atoms with Crippen LogP contribution in [-0.2, 0) is 14.3 Å². The minimum Gasteiger partial charge on any atom is -0.350 e. The van der Waals surface area contributed by atoms with Gasteiger partial charge in [-0.1, -0.05) is 13.3 Å². The fourth-order valence-electron chi connectivity index (χ4n) is 3.54. The molecule has 19 heavy (non-hydrogen) atoms. The van der Waals surface area contributed by atoms with Gasteiger partial charge in [0.25, 0.3) is 0 Å². The molecule has 5 heteroatoms. The Morgan fingerprint density at radius 2 is 1.89 bits per heavy atom. The molecule has 0 bridgehead atoms. The summed E-state index contributed by atoms with van der Waals surface area (Å²) in [6.45, 7) is 4.40. The van der Waals surface area contributed by atoms with Crippen molar-refractivity contribution in [3.8, 4) is 0 Å². The Hall–Kier alpha value is -0.650. The van der Waals surface area contributed by atoms with Crippen molar-refractivity contribution in [1.82, 2.24) is 10.6 Å². The van der Waals surface area contributed by atoms with E-state index >= 15 is 0 Å². The summed E-state index contributed by atoms with van der Waals surface area (Å²) < 4.78 is 11.5. The van der Waals surface area contributed by atoms with Crippen LogP contribution < -0.4 is 10.6 Å². The molecule has 2 saturated heterocycles. The topological polar surface area (TPSA) is 59.6 Å². The van der Waals surface area contributed by atoms with Crippen LogP contribution in [0.5, 0.6) is 0 Å². The molecule has 1 saturated carbocycles. The van der Waals surface area contributed by atoms with Gasteiger partial charge in [0.05, 0.1) is 18.8 Å². The van der Waals surface area contributed by atoms with E-state index in [1.165, 1.54) is 0 Å². The zero-order valence-corrected chi connectivity index (χ0v) is 11.7. The Bertz CT molecular complexity index is 343. The molecule has 2 heterocycles. The Kier molecular flexibility index (Phi) is 3.53. The van der Waals surface area contributed by atoms with Gasteiger partial charge in [-0.25, -0.2) is 0 Å². The lowest BCUT2D eigenvalue weighted by atomic mass is 9.76. The average molecular weight is 268 g/mol. The lowest BCUT2D eigenvalue weighted by Gasteiger charge is -2.46. The van der Waals surface area contributed by atoms with Gasteiger partial charge in [-0.05, 0) is 19.3 Å². The zero-order chi connectivity index (χ0) is 13.3. The fourth-order valence-corrected chi connectivity index (χ4v) is 3.54. The minimum absolute atomic E-state index is 0.171. The molecule has 1 unspecified atom stereocenters. The van der Waals surface area contributed by atoms with Crippen LogP contribution in [-0.4, -0.2) is 43.0 Å². The Labute approximate surface area is 114 Å². The van der Waals surface area contributed by atoms with E-state index in [0.29, 0.717) is 13.2 Å². The van der Waals surface area contributed by atoms with Crippen LogP contribution in [0.2, 0.25) is 0 Å². The van der Waals surface area contributed by atoms with Crippen molar-refractivity contribution in [2.45, 2.75) is 62.8 Å². The maximum absolute atomic E-state index is 12.4. The number of hydrogen-bond donors (Lipinski definition) is 2. The van der Waals surface area contributed by atoms with Crippen LogP contribution in [0.25, 0.3) is 0 Å². The number of rotatable bonds is 2. The van der Waals surface area contributed by atoms with Gasteiger partial charge in [0, 0.05) is 25.4 Å². The second-order valence-corrected chi connectivity index (χ2v) is 6.03. The van der Waals surface area contributed by atoms with Crippen LogP contribution in [0.1, 0.15) is 45.4 Å². The zero-order valence-electron chi connectivity index (χ0n) is 11.7. The second kappa shape index (κ2) is 5.04. The average Bonchev–Trinajstić information content (AvgIpc) is 2.87. The number of carbonyl (C=O) groups excluding carboxylic acids is 1. The van der Waals surface area contributed by atoms with Crippen LogP contribution >= 0.6 is 0 Å². The molecule has 1 amide bonds. The third-order valence-corrected chi connectivity index (χ3v) is 4.77. The molecule has 1 aliphatic carbocycles. The van der Waals surface area contributed by atoms with E-state index < -0.39 is 5.79 Å². The van der Waals surface area contributed by atoms with Crippen LogP contribution in [0, 0.1) is 0 Å². The minimum atomic E-state index is -0.395. The molecule has 3 fully saturated rings. The highest BCUT2D eigenvalue weighted by molar-refractivity contribution is 5.87. The van der Waals surface area contributed by atoms with Crippen molar-refractivity contribution < 1.29 is 14.3 Å². The van der Waals surface area contributed by atoms with Gasteiger partial charge >= 0.3 is 0 Å². The van der Waals surface area contributed by atoms with Crippen molar-refractivity contribution >= 4 is 5.91 Å². The summed E-state index contributed by atoms with van der Waals surface area (Å²) in [7, 11) is 0. The van der Waals surface area contributed by atoms with Crippen molar-refractivity contribution in [3.05, 3.63) is 0 Å². The van der Waals surface area contributed by atoms with Gasteiger partial charge in [-0.3, -0.25) is 4.79 Å². The van der Waals surface area contributed by atoms with E-state index in [2.05, 4.69) is 17.6 Å². The first kappa shape index (κ1) is 13.3. The van der Waals surface area contributed by atoms with Crippen LogP contribution in [0.4, 0.5) is 0 Å². The maximum atomic E-state index is 12.4. The lowest BCUT2D eigenvalue weighted by molar-refractivity contribution is -0.188. The highest BCUT2D eigenvalue weighted by Crippen LogP contribution is 2.41. The van der Waals surface area contributed by atoms with Crippen molar-refractivity contribution in [2.75, 3.05) is 19.8 Å². The van der Waals surface area contributed by atoms with E-state index in [9.17, 15) is 4.79 Å². The van der Waals surface area contributed by atoms with Crippen molar-refractivity contribution in [1.29, 1.82) is 0 Å². The summed E-state index contributed by atoms with van der Waals surface area (Å²) in [4.78, 5) is 12.4. The van der Waals surface area contributed by atoms with E-state index in [0.717, 1.165) is 45.1 Å². The number of carbonyl (C=O) groups is 1. The maximum Gasteiger partial charge on any atom is 0.240 e. The number of ether oxygens (including phenoxy) is 2. The summed E-state index contributed by atoms with van der Waals surface area (Å²) in [5.41, 5.74) is -0.384. The van der Waals surface area contributed by atoms with Gasteiger partial charge in [0.2, 0.25) is 5.91 Å². The number of nitrogens with one attached hydrogen (secondary N) is 2. The van der Waals surface area contributed by atoms with E-state index in [1.54, 1.807) is 0 Å². The highest BCUT2D eigenvalue weighted by atomic mass is 16.7. The molecular formula is C14H24N2O3. The first-order valence-electron chi connectivity index (χ1n) is 7.52. The molecule has 108 valence electrons. The lowest BCUT2D eigenvalue weighted by Crippen LogP contribution is -2.68. The molecule has 3 rings (SSSR count). The second-order valence-electron chi connectivity index (χ2n) is 6.03. The normalized spacial score (nSPS) is 32.7. The summed E-state index contributed by atoms with van der Waals surface area (Å²) in [6.07, 6.45) is 5.38. The first-order chi connectivity index (χ1) is 9.18. The van der Waals surface area contributed by atoms with Crippen LogP contribution in [0.15, 0.2) is 0 Å². The summed E-state index contributed by atoms with van der Waals surface area (Å²) >= 11 is 0. The van der Waals surface area contributed by atoms with E-state index in [4.69, 9.17) is 9.47 Å². The van der Waals surface area contributed by atoms with Gasteiger partial charge in [-0.15, -0.1) is 0 Å². The van der Waals surface area contributed by atoms with E-state index in [1.807, 2.05) is 0 Å². The predicted octanol–water partition coefficient (Wildman–Crippen LogP) is 0.930. The first-order valence-corrected chi connectivity index (χ1v) is 7.52. The Balaban J connectivity index is 1.61. The van der Waals surface area contributed by atoms with Gasteiger partial charge < -0.3 is 20.1 Å². The molecule has 0 aromatic carbocycles. The van der Waals surface area contributed by atoms with Crippen molar-refractivity contribution in [3.63, 3.8) is 0 Å². The molecule has 0 radical (unpaired) electrons. The molecule has 0 aromatic rings. The third kappa shape index (κ3) is 2.39. The number of piperazine rings is 1. The Morgan fingerprint density at radius 1 is 1.21 bits per heavy atom. The quantitative estimate of drug-likeness (QED) is 0.782. The summed E-state index contributed by atoms with van der Waals surface area (Å²) in [6, 6.07) is 0.290. The SMILES string of the molecule is CCCC1CNC2(CCC3(CC2)OCCO3)C(=O)N1. The third-order valence-electron chi connectivity index (χ3n) is 4.77. The molecule has 0 aromatic heterocycles. The smallest absolute Gasteiger partial charge is 0.240 e. The molecular weight excluding hydrogens is 244 g/mol.